The fourth-order valence-electron chi connectivity index (χ4n) is 1.81. The number of amides is 1. The summed E-state index contributed by atoms with van der Waals surface area (Å²) in [7, 11) is 1.57. The average molecular weight is 365 g/mol. The summed E-state index contributed by atoms with van der Waals surface area (Å²) < 4.78 is 15.3. The molecule has 8 heteroatoms. The van der Waals surface area contributed by atoms with E-state index >= 15 is 0 Å². The number of carbonyl (C=O) groups excluding carboxylic acids is 2. The minimum Gasteiger partial charge on any atom is -0.497 e. The maximum absolute atomic E-state index is 11.7. The van der Waals surface area contributed by atoms with Crippen LogP contribution in [0.25, 0.3) is 0 Å². The number of rotatable bonds is 8. The maximum atomic E-state index is 11.7. The molecule has 7 nitrogen and oxygen atoms in total. The van der Waals surface area contributed by atoms with Crippen LogP contribution in [-0.2, 0) is 14.3 Å². The molecule has 132 valence electrons. The molecule has 0 bridgehead atoms. The van der Waals surface area contributed by atoms with Gasteiger partial charge in [0.15, 0.2) is 11.8 Å². The first-order valence-electron chi connectivity index (χ1n) is 7.41. The molecular weight excluding hydrogens is 348 g/mol. The molecule has 1 heterocycles. The number of hydrogen-bond donors (Lipinski definition) is 1. The molecule has 2 aromatic rings. The topological polar surface area (TPSA) is 86.8 Å². The van der Waals surface area contributed by atoms with Crippen molar-refractivity contribution < 1.29 is 23.8 Å². The van der Waals surface area contributed by atoms with Crippen LogP contribution in [0.2, 0.25) is 5.15 Å². The molecule has 0 radical (unpaired) electrons. The fourth-order valence-corrected chi connectivity index (χ4v) is 1.97. The standard InChI is InChI=1S/C17H17ClN2O5/c1-23-12-4-6-13(7-5-12)24-10-8-16(22)25-11-15(21)20-14-3-2-9-19-17(14)18/h2-7,9H,8,10-11H2,1H3,(H,20,21). The summed E-state index contributed by atoms with van der Waals surface area (Å²) in [5, 5.41) is 2.67. The van der Waals surface area contributed by atoms with Gasteiger partial charge in [0.25, 0.3) is 5.91 Å². The summed E-state index contributed by atoms with van der Waals surface area (Å²) >= 11 is 5.82. The van der Waals surface area contributed by atoms with Crippen molar-refractivity contribution in [3.05, 3.63) is 47.7 Å². The Labute approximate surface area is 149 Å². The number of halogens is 1. The number of methoxy groups -OCH3 is 1. The maximum Gasteiger partial charge on any atom is 0.309 e. The lowest BCUT2D eigenvalue weighted by Crippen LogP contribution is -2.21. The molecule has 1 aromatic heterocycles. The molecule has 2 rings (SSSR count). The summed E-state index contributed by atoms with van der Waals surface area (Å²) in [6.07, 6.45) is 1.52. The molecule has 0 saturated heterocycles. The van der Waals surface area contributed by atoms with Gasteiger partial charge in [0, 0.05) is 6.20 Å². The van der Waals surface area contributed by atoms with E-state index in [9.17, 15) is 9.59 Å². The van der Waals surface area contributed by atoms with Gasteiger partial charge in [-0.1, -0.05) is 11.6 Å². The van der Waals surface area contributed by atoms with Gasteiger partial charge in [0.2, 0.25) is 0 Å². The van der Waals surface area contributed by atoms with Gasteiger partial charge in [-0.25, -0.2) is 4.98 Å². The monoisotopic (exact) mass is 364 g/mol. The predicted molar refractivity (Wildman–Crippen MR) is 91.9 cm³/mol. The SMILES string of the molecule is COc1ccc(OCCC(=O)OCC(=O)Nc2cccnc2Cl)cc1. The molecule has 0 spiro atoms. The van der Waals surface area contributed by atoms with Crippen LogP contribution in [0.15, 0.2) is 42.6 Å². The largest absolute Gasteiger partial charge is 0.497 e. The lowest BCUT2D eigenvalue weighted by atomic mass is 10.3. The van der Waals surface area contributed by atoms with Gasteiger partial charge in [0.05, 0.1) is 25.8 Å². The lowest BCUT2D eigenvalue weighted by molar-refractivity contribution is -0.147. The number of pyridine rings is 1. The number of nitrogens with zero attached hydrogens (tertiary/aromatic N) is 1. The van der Waals surface area contributed by atoms with Crippen molar-refractivity contribution in [1.29, 1.82) is 0 Å². The Morgan fingerprint density at radius 3 is 2.56 bits per heavy atom. The molecular formula is C17H17ClN2O5. The van der Waals surface area contributed by atoms with E-state index in [1.807, 2.05) is 0 Å². The van der Waals surface area contributed by atoms with Gasteiger partial charge in [-0.3, -0.25) is 9.59 Å². The second-order valence-corrected chi connectivity index (χ2v) is 5.18. The summed E-state index contributed by atoms with van der Waals surface area (Å²) in [5.74, 6) is 0.282. The van der Waals surface area contributed by atoms with Crippen molar-refractivity contribution in [1.82, 2.24) is 4.98 Å². The third kappa shape index (κ3) is 6.31. The molecule has 1 amide bonds. The molecule has 0 aliphatic rings. The minimum atomic E-state index is -0.541. The van der Waals surface area contributed by atoms with E-state index in [0.29, 0.717) is 17.2 Å². The lowest BCUT2D eigenvalue weighted by Gasteiger charge is -2.08. The second-order valence-electron chi connectivity index (χ2n) is 4.82. The van der Waals surface area contributed by atoms with Crippen molar-refractivity contribution in [3.8, 4) is 11.5 Å². The van der Waals surface area contributed by atoms with E-state index in [1.54, 1.807) is 43.5 Å². The van der Waals surface area contributed by atoms with Crippen molar-refractivity contribution in [3.63, 3.8) is 0 Å². The molecule has 25 heavy (non-hydrogen) atoms. The zero-order chi connectivity index (χ0) is 18.1. The molecule has 0 aliphatic carbocycles. The summed E-state index contributed by atoms with van der Waals surface area (Å²) in [6.45, 7) is -0.270. The Morgan fingerprint density at radius 1 is 1.16 bits per heavy atom. The van der Waals surface area contributed by atoms with Crippen LogP contribution >= 0.6 is 11.6 Å². The zero-order valence-corrected chi connectivity index (χ0v) is 14.3. The van der Waals surface area contributed by atoms with Gasteiger partial charge in [-0.15, -0.1) is 0 Å². The zero-order valence-electron chi connectivity index (χ0n) is 13.5. The van der Waals surface area contributed by atoms with E-state index in [4.69, 9.17) is 25.8 Å². The number of carbonyl (C=O) groups is 2. The highest BCUT2D eigenvalue weighted by Gasteiger charge is 2.10. The van der Waals surface area contributed by atoms with E-state index in [2.05, 4.69) is 10.3 Å². The van der Waals surface area contributed by atoms with Crippen molar-refractivity contribution in [2.75, 3.05) is 25.6 Å². The molecule has 0 aliphatic heterocycles. The van der Waals surface area contributed by atoms with Crippen molar-refractivity contribution in [2.45, 2.75) is 6.42 Å². The number of hydrogen-bond acceptors (Lipinski definition) is 6. The number of esters is 1. The quantitative estimate of drug-likeness (QED) is 0.572. The van der Waals surface area contributed by atoms with E-state index in [-0.39, 0.29) is 18.2 Å². The number of benzene rings is 1. The van der Waals surface area contributed by atoms with Crippen molar-refractivity contribution in [2.24, 2.45) is 0 Å². The van der Waals surface area contributed by atoms with Crippen molar-refractivity contribution >= 4 is 29.2 Å². The Kier molecular flexibility index (Phi) is 7.03. The number of aromatic nitrogens is 1. The normalized spacial score (nSPS) is 10.0. The summed E-state index contributed by atoms with van der Waals surface area (Å²) in [4.78, 5) is 27.1. The van der Waals surface area contributed by atoms with Crippen LogP contribution < -0.4 is 14.8 Å². The second kappa shape index (κ2) is 9.48. The van der Waals surface area contributed by atoms with Gasteiger partial charge in [-0.2, -0.15) is 0 Å². The number of nitrogens with one attached hydrogen (secondary N) is 1. The first-order chi connectivity index (χ1) is 12.1. The molecule has 0 atom stereocenters. The highest BCUT2D eigenvalue weighted by atomic mass is 35.5. The smallest absolute Gasteiger partial charge is 0.309 e. The highest BCUT2D eigenvalue weighted by Crippen LogP contribution is 2.18. The summed E-state index contributed by atoms with van der Waals surface area (Å²) in [6, 6.07) is 10.2. The van der Waals surface area contributed by atoms with Crippen LogP contribution in [0.5, 0.6) is 11.5 Å². The van der Waals surface area contributed by atoms with Crippen LogP contribution in [0.4, 0.5) is 5.69 Å². The number of ether oxygens (including phenoxy) is 3. The van der Waals surface area contributed by atoms with Crippen LogP contribution in [0.1, 0.15) is 6.42 Å². The summed E-state index contributed by atoms with van der Waals surface area (Å²) in [5.41, 5.74) is 0.355. The van der Waals surface area contributed by atoms with Gasteiger partial charge in [0.1, 0.15) is 11.5 Å². The van der Waals surface area contributed by atoms with Crippen LogP contribution in [0, 0.1) is 0 Å². The first kappa shape index (κ1) is 18.5. The molecule has 0 saturated carbocycles. The Morgan fingerprint density at radius 2 is 1.88 bits per heavy atom. The Bertz CT molecular complexity index is 721. The van der Waals surface area contributed by atoms with E-state index < -0.39 is 18.5 Å². The van der Waals surface area contributed by atoms with Gasteiger partial charge >= 0.3 is 5.97 Å². The molecule has 0 unspecified atom stereocenters. The predicted octanol–water partition coefficient (Wildman–Crippen LogP) is 2.69. The minimum absolute atomic E-state index is 0.0208. The molecule has 0 fully saturated rings. The van der Waals surface area contributed by atoms with E-state index in [1.165, 1.54) is 6.20 Å². The molecule has 1 aromatic carbocycles. The van der Waals surface area contributed by atoms with Crippen LogP contribution in [0.3, 0.4) is 0 Å². The first-order valence-corrected chi connectivity index (χ1v) is 7.79. The third-order valence-corrected chi connectivity index (χ3v) is 3.33. The highest BCUT2D eigenvalue weighted by molar-refractivity contribution is 6.32. The Hall–Kier alpha value is -2.80. The Balaban J connectivity index is 1.66. The van der Waals surface area contributed by atoms with Gasteiger partial charge < -0.3 is 19.5 Å². The third-order valence-electron chi connectivity index (χ3n) is 3.03. The van der Waals surface area contributed by atoms with Crippen LogP contribution in [-0.4, -0.2) is 37.2 Å². The fraction of sp³-hybridized carbons (Fsp3) is 0.235. The number of anilines is 1. The van der Waals surface area contributed by atoms with Gasteiger partial charge in [-0.05, 0) is 36.4 Å². The average Bonchev–Trinajstić information content (AvgIpc) is 2.62. The molecule has 1 N–H and O–H groups in total. The van der Waals surface area contributed by atoms with E-state index in [0.717, 1.165) is 0 Å².